The Morgan fingerprint density at radius 2 is 1.64 bits per heavy atom. The lowest BCUT2D eigenvalue weighted by molar-refractivity contribution is 0.0955. The molecule has 0 fully saturated rings. The molecule has 0 aliphatic rings. The van der Waals surface area contributed by atoms with E-state index in [-0.39, 0.29) is 5.91 Å². The molecule has 5 aromatic rings. The predicted molar refractivity (Wildman–Crippen MR) is 139 cm³/mol. The van der Waals surface area contributed by atoms with Gasteiger partial charge in [-0.2, -0.15) is 5.10 Å². The second-order valence-electron chi connectivity index (χ2n) is 7.63. The number of thiazole rings is 1. The van der Waals surface area contributed by atoms with Crippen molar-refractivity contribution in [3.8, 4) is 0 Å². The highest BCUT2D eigenvalue weighted by Gasteiger charge is 2.08. The van der Waals surface area contributed by atoms with Gasteiger partial charge in [0.1, 0.15) is 0 Å². The van der Waals surface area contributed by atoms with Gasteiger partial charge in [0.05, 0.1) is 15.9 Å². The lowest BCUT2D eigenvalue weighted by Crippen LogP contribution is -2.19. The first-order valence-corrected chi connectivity index (χ1v) is 12.4. The Hall–Kier alpha value is -3.48. The zero-order valence-corrected chi connectivity index (χ0v) is 19.6. The molecule has 0 saturated heterocycles. The number of thioether (sulfide) groups is 1. The third kappa shape index (κ3) is 4.97. The van der Waals surface area contributed by atoms with E-state index in [1.54, 1.807) is 23.1 Å². The molecule has 4 nitrogen and oxygen atoms in total. The van der Waals surface area contributed by atoms with Crippen LogP contribution in [0.15, 0.2) is 100 Å². The Balaban J connectivity index is 1.20. The average molecular weight is 468 g/mol. The number of benzene rings is 4. The van der Waals surface area contributed by atoms with E-state index in [1.807, 2.05) is 67.6 Å². The van der Waals surface area contributed by atoms with E-state index in [9.17, 15) is 4.79 Å². The Bertz CT molecular complexity index is 1440. The number of nitrogens with zero attached hydrogens (tertiary/aromatic N) is 2. The van der Waals surface area contributed by atoms with E-state index < -0.39 is 0 Å². The molecule has 33 heavy (non-hydrogen) atoms. The van der Waals surface area contributed by atoms with Crippen LogP contribution >= 0.6 is 23.1 Å². The summed E-state index contributed by atoms with van der Waals surface area (Å²) in [6.45, 7) is 1.90. The average Bonchev–Trinajstić information content (AvgIpc) is 3.29. The zero-order valence-electron chi connectivity index (χ0n) is 18.0. The summed E-state index contributed by atoms with van der Waals surface area (Å²) in [7, 11) is 0. The van der Waals surface area contributed by atoms with Crippen molar-refractivity contribution in [3.05, 3.63) is 108 Å². The molecular weight excluding hydrogens is 446 g/mol. The van der Waals surface area contributed by atoms with Gasteiger partial charge in [0, 0.05) is 11.3 Å². The molecule has 0 bridgehead atoms. The second kappa shape index (κ2) is 9.57. The summed E-state index contributed by atoms with van der Waals surface area (Å²) in [6.07, 6.45) is 0. The van der Waals surface area contributed by atoms with Crippen LogP contribution in [0, 0.1) is 0 Å². The largest absolute Gasteiger partial charge is 0.271 e. The van der Waals surface area contributed by atoms with E-state index in [0.717, 1.165) is 37.8 Å². The highest BCUT2D eigenvalue weighted by Crippen LogP contribution is 2.31. The van der Waals surface area contributed by atoms with Crippen molar-refractivity contribution in [1.29, 1.82) is 0 Å². The second-order valence-corrected chi connectivity index (χ2v) is 9.89. The molecule has 1 amide bonds. The predicted octanol–water partition coefficient (Wildman–Crippen LogP) is 6.90. The molecule has 0 atom stereocenters. The minimum absolute atomic E-state index is 0.222. The van der Waals surface area contributed by atoms with Crippen LogP contribution in [-0.2, 0) is 5.75 Å². The SMILES string of the molecule is CC(=NNC(=O)c1ccc(CSc2nc3ccccc3s2)cc1)c1ccc2ccccc2c1. The van der Waals surface area contributed by atoms with Crippen LogP contribution in [0.25, 0.3) is 21.0 Å². The van der Waals surface area contributed by atoms with Crippen molar-refractivity contribution in [1.82, 2.24) is 10.4 Å². The van der Waals surface area contributed by atoms with Gasteiger partial charge in [-0.3, -0.25) is 4.79 Å². The maximum atomic E-state index is 12.6. The number of rotatable bonds is 6. The van der Waals surface area contributed by atoms with Crippen LogP contribution in [0.3, 0.4) is 0 Å². The van der Waals surface area contributed by atoms with E-state index in [0.29, 0.717) is 5.56 Å². The van der Waals surface area contributed by atoms with Gasteiger partial charge in [-0.1, -0.05) is 72.4 Å². The summed E-state index contributed by atoms with van der Waals surface area (Å²) in [4.78, 5) is 17.2. The summed E-state index contributed by atoms with van der Waals surface area (Å²) in [5.41, 5.74) is 7.18. The smallest absolute Gasteiger partial charge is 0.267 e. The summed E-state index contributed by atoms with van der Waals surface area (Å²) >= 11 is 3.42. The molecule has 0 saturated carbocycles. The number of hydrogen-bond acceptors (Lipinski definition) is 5. The number of hydrogen-bond donors (Lipinski definition) is 1. The van der Waals surface area contributed by atoms with E-state index in [2.05, 4.69) is 45.8 Å². The van der Waals surface area contributed by atoms with Crippen LogP contribution in [0.1, 0.15) is 28.4 Å². The normalized spacial score (nSPS) is 11.7. The Kier molecular flexibility index (Phi) is 6.19. The molecule has 0 radical (unpaired) electrons. The van der Waals surface area contributed by atoms with Crippen LogP contribution in [-0.4, -0.2) is 16.6 Å². The lowest BCUT2D eigenvalue weighted by Gasteiger charge is -2.06. The van der Waals surface area contributed by atoms with Gasteiger partial charge >= 0.3 is 0 Å². The first kappa shape index (κ1) is 21.4. The standard InChI is InChI=1S/C27H21N3OS2/c1-18(22-15-14-20-6-2-3-7-23(20)16-22)29-30-26(31)21-12-10-19(11-13-21)17-32-27-28-24-8-4-5-9-25(24)33-27/h2-16H,17H2,1H3,(H,30,31). The van der Waals surface area contributed by atoms with E-state index in [4.69, 9.17) is 0 Å². The minimum Gasteiger partial charge on any atom is -0.267 e. The first-order chi connectivity index (χ1) is 16.2. The van der Waals surface area contributed by atoms with Crippen molar-refractivity contribution in [2.45, 2.75) is 17.0 Å². The van der Waals surface area contributed by atoms with Gasteiger partial charge < -0.3 is 0 Å². The van der Waals surface area contributed by atoms with Crippen LogP contribution in [0.2, 0.25) is 0 Å². The Morgan fingerprint density at radius 1 is 0.909 bits per heavy atom. The molecule has 4 aromatic carbocycles. The number of amides is 1. The Morgan fingerprint density at radius 3 is 2.45 bits per heavy atom. The zero-order chi connectivity index (χ0) is 22.6. The van der Waals surface area contributed by atoms with Crippen molar-refractivity contribution < 1.29 is 4.79 Å². The lowest BCUT2D eigenvalue weighted by atomic mass is 10.0. The first-order valence-electron chi connectivity index (χ1n) is 10.6. The fourth-order valence-electron chi connectivity index (χ4n) is 3.49. The quantitative estimate of drug-likeness (QED) is 0.168. The maximum absolute atomic E-state index is 12.6. The van der Waals surface area contributed by atoms with Crippen molar-refractivity contribution in [3.63, 3.8) is 0 Å². The third-order valence-electron chi connectivity index (χ3n) is 5.35. The minimum atomic E-state index is -0.222. The molecule has 0 aliphatic heterocycles. The number of nitrogens with one attached hydrogen (secondary N) is 1. The highest BCUT2D eigenvalue weighted by molar-refractivity contribution is 8.00. The van der Waals surface area contributed by atoms with Gasteiger partial charge in [0.25, 0.3) is 5.91 Å². The fraction of sp³-hybridized carbons (Fsp3) is 0.0741. The van der Waals surface area contributed by atoms with Gasteiger partial charge in [0.2, 0.25) is 0 Å². The van der Waals surface area contributed by atoms with Gasteiger partial charge in [-0.15, -0.1) is 11.3 Å². The van der Waals surface area contributed by atoms with Crippen LogP contribution < -0.4 is 5.43 Å². The molecule has 6 heteroatoms. The van der Waals surface area contributed by atoms with Crippen LogP contribution in [0.4, 0.5) is 0 Å². The molecule has 5 rings (SSSR count). The van der Waals surface area contributed by atoms with Crippen molar-refractivity contribution in [2.24, 2.45) is 5.10 Å². The van der Waals surface area contributed by atoms with Crippen molar-refractivity contribution in [2.75, 3.05) is 0 Å². The monoisotopic (exact) mass is 467 g/mol. The molecule has 0 spiro atoms. The number of fused-ring (bicyclic) bond motifs is 2. The summed E-state index contributed by atoms with van der Waals surface area (Å²) in [5.74, 6) is 0.585. The van der Waals surface area contributed by atoms with E-state index >= 15 is 0 Å². The fourth-order valence-corrected chi connectivity index (χ4v) is 5.51. The third-order valence-corrected chi connectivity index (χ3v) is 7.60. The van der Waals surface area contributed by atoms with Gasteiger partial charge in [-0.05, 0) is 59.2 Å². The number of hydrazone groups is 1. The molecule has 162 valence electrons. The maximum Gasteiger partial charge on any atom is 0.271 e. The highest BCUT2D eigenvalue weighted by atomic mass is 32.2. The summed E-state index contributed by atoms with van der Waals surface area (Å²) < 4.78 is 2.25. The molecule has 1 heterocycles. The van der Waals surface area contributed by atoms with Gasteiger partial charge in [-0.25, -0.2) is 10.4 Å². The van der Waals surface area contributed by atoms with Gasteiger partial charge in [0.15, 0.2) is 4.34 Å². The molecule has 0 unspecified atom stereocenters. The summed E-state index contributed by atoms with van der Waals surface area (Å²) in [5, 5.41) is 6.63. The molecule has 1 N–H and O–H groups in total. The molecule has 1 aromatic heterocycles. The number of para-hydroxylation sites is 1. The summed E-state index contributed by atoms with van der Waals surface area (Å²) in [6, 6.07) is 30.2. The Labute approximate surface area is 200 Å². The molecule has 0 aliphatic carbocycles. The number of carbonyl (C=O) groups excluding carboxylic acids is 1. The molecular formula is C27H21N3OS2. The van der Waals surface area contributed by atoms with Crippen LogP contribution in [0.5, 0.6) is 0 Å². The number of carbonyl (C=O) groups is 1. The van der Waals surface area contributed by atoms with E-state index in [1.165, 1.54) is 10.1 Å². The topological polar surface area (TPSA) is 54.4 Å². The van der Waals surface area contributed by atoms with Crippen molar-refractivity contribution >= 4 is 55.7 Å². The number of aromatic nitrogens is 1.